The number of nitrogen functional groups attached to an aromatic ring is 1. The molecule has 0 spiro atoms. The van der Waals surface area contributed by atoms with E-state index < -0.39 is 10.6 Å². The van der Waals surface area contributed by atoms with Gasteiger partial charge in [0.2, 0.25) is 5.95 Å². The zero-order valence-electron chi connectivity index (χ0n) is 9.02. The van der Waals surface area contributed by atoms with E-state index in [0.717, 1.165) is 18.0 Å². The summed E-state index contributed by atoms with van der Waals surface area (Å²) in [5.41, 5.74) is 4.64. The maximum atomic E-state index is 11.2. The molecule has 0 aliphatic heterocycles. The van der Waals surface area contributed by atoms with E-state index in [2.05, 4.69) is 20.2 Å². The Morgan fingerprint density at radius 2 is 2.33 bits per heavy atom. The average Bonchev–Trinajstić information content (AvgIpc) is 2.61. The van der Waals surface area contributed by atoms with Gasteiger partial charge >= 0.3 is 11.4 Å². The van der Waals surface area contributed by atoms with Gasteiger partial charge in [-0.15, -0.1) is 5.10 Å². The van der Waals surface area contributed by atoms with Crippen molar-refractivity contribution >= 4 is 23.4 Å². The highest BCUT2D eigenvalue weighted by atomic mass is 32.2. The summed E-state index contributed by atoms with van der Waals surface area (Å²) in [6.07, 6.45) is 1.01. The lowest BCUT2D eigenvalue weighted by Gasteiger charge is -2.01. The van der Waals surface area contributed by atoms with E-state index >= 15 is 0 Å². The Morgan fingerprint density at radius 3 is 2.89 bits per heavy atom. The van der Waals surface area contributed by atoms with E-state index in [1.54, 1.807) is 0 Å². The Balaban J connectivity index is 2.45. The summed E-state index contributed by atoms with van der Waals surface area (Å²) in [5.74, 6) is -0.0939. The van der Waals surface area contributed by atoms with E-state index in [-0.39, 0.29) is 21.8 Å². The van der Waals surface area contributed by atoms with Crippen LogP contribution in [-0.2, 0) is 7.05 Å². The summed E-state index contributed by atoms with van der Waals surface area (Å²) in [6, 6.07) is 0. The van der Waals surface area contributed by atoms with Gasteiger partial charge in [-0.3, -0.25) is 14.7 Å². The van der Waals surface area contributed by atoms with Gasteiger partial charge < -0.3 is 5.73 Å². The fourth-order valence-corrected chi connectivity index (χ4v) is 1.94. The molecule has 0 aliphatic carbocycles. The highest BCUT2D eigenvalue weighted by molar-refractivity contribution is 7.99. The minimum absolute atomic E-state index is 0.0228. The van der Waals surface area contributed by atoms with Gasteiger partial charge in [0.15, 0.2) is 10.2 Å². The molecule has 94 valence electrons. The van der Waals surface area contributed by atoms with Gasteiger partial charge in [-0.1, -0.05) is 0 Å². The highest BCUT2D eigenvalue weighted by Gasteiger charge is 2.20. The third-order valence-corrected chi connectivity index (χ3v) is 3.02. The predicted octanol–water partition coefficient (Wildman–Crippen LogP) is -0.460. The van der Waals surface area contributed by atoms with E-state index in [1.165, 1.54) is 11.6 Å². The third kappa shape index (κ3) is 2.15. The van der Waals surface area contributed by atoms with Crippen LogP contribution in [0.2, 0.25) is 0 Å². The summed E-state index contributed by atoms with van der Waals surface area (Å²) in [7, 11) is 1.48. The number of rotatable bonds is 3. The Labute approximate surface area is 103 Å². The molecule has 0 bridgehead atoms. The molecule has 11 heteroatoms. The molecule has 0 aromatic carbocycles. The van der Waals surface area contributed by atoms with E-state index in [0.29, 0.717) is 0 Å². The summed E-state index contributed by atoms with van der Waals surface area (Å²) < 4.78 is 1.20. The van der Waals surface area contributed by atoms with Crippen molar-refractivity contribution in [3.63, 3.8) is 0 Å². The molecule has 0 fully saturated rings. The number of aromatic amines is 1. The molecule has 2 aromatic heterocycles. The molecule has 2 heterocycles. The van der Waals surface area contributed by atoms with Crippen LogP contribution in [0.5, 0.6) is 0 Å². The molecule has 3 N–H and O–H groups in total. The van der Waals surface area contributed by atoms with Crippen molar-refractivity contribution in [1.29, 1.82) is 0 Å². The van der Waals surface area contributed by atoms with Crippen LogP contribution in [0.15, 0.2) is 21.2 Å². The van der Waals surface area contributed by atoms with Gasteiger partial charge in [0.05, 0.1) is 4.92 Å². The molecule has 18 heavy (non-hydrogen) atoms. The minimum Gasteiger partial charge on any atom is -0.368 e. The fraction of sp³-hybridized carbons (Fsp3) is 0.143. The van der Waals surface area contributed by atoms with Gasteiger partial charge in [0.25, 0.3) is 0 Å². The maximum absolute atomic E-state index is 11.2. The summed E-state index contributed by atoms with van der Waals surface area (Å²) in [6.45, 7) is 0. The van der Waals surface area contributed by atoms with Crippen molar-refractivity contribution in [1.82, 2.24) is 24.7 Å². The van der Waals surface area contributed by atoms with Crippen LogP contribution in [0.4, 0.5) is 11.6 Å². The highest BCUT2D eigenvalue weighted by Crippen LogP contribution is 2.30. The number of H-pyrrole nitrogens is 1. The molecule has 0 saturated carbocycles. The first-order chi connectivity index (χ1) is 8.49. The quantitative estimate of drug-likeness (QED) is 0.432. The number of nitro groups is 1. The lowest BCUT2D eigenvalue weighted by atomic mass is 10.5. The van der Waals surface area contributed by atoms with Crippen molar-refractivity contribution in [2.75, 3.05) is 5.73 Å². The van der Waals surface area contributed by atoms with E-state index in [9.17, 15) is 14.9 Å². The van der Waals surface area contributed by atoms with E-state index in [1.807, 2.05) is 0 Å². The van der Waals surface area contributed by atoms with Gasteiger partial charge in [-0.25, -0.2) is 14.9 Å². The second-order valence-corrected chi connectivity index (χ2v) is 4.10. The number of hydrogen-bond acceptors (Lipinski definition) is 8. The van der Waals surface area contributed by atoms with Crippen LogP contribution in [0, 0.1) is 10.1 Å². The lowest BCUT2D eigenvalue weighted by Crippen LogP contribution is -2.13. The first-order valence-electron chi connectivity index (χ1n) is 4.55. The van der Waals surface area contributed by atoms with Crippen molar-refractivity contribution in [2.45, 2.75) is 10.2 Å². The molecular formula is C7H7N7O3S. The third-order valence-electron chi connectivity index (χ3n) is 1.98. The topological polar surface area (TPSA) is 146 Å². The molecule has 0 unspecified atom stereocenters. The Kier molecular flexibility index (Phi) is 2.97. The van der Waals surface area contributed by atoms with Crippen molar-refractivity contribution in [3.8, 4) is 0 Å². The number of hydrogen-bond donors (Lipinski definition) is 2. The summed E-state index contributed by atoms with van der Waals surface area (Å²) >= 11 is 0.852. The number of nitrogens with zero attached hydrogens (tertiary/aromatic N) is 5. The largest absolute Gasteiger partial charge is 0.368 e. The Morgan fingerprint density at radius 1 is 1.61 bits per heavy atom. The number of nitrogens with one attached hydrogen (secondary N) is 1. The molecule has 2 rings (SSSR count). The summed E-state index contributed by atoms with van der Waals surface area (Å²) in [5, 5.41) is 17.0. The van der Waals surface area contributed by atoms with Crippen molar-refractivity contribution in [3.05, 3.63) is 26.8 Å². The normalized spacial score (nSPS) is 10.5. The van der Waals surface area contributed by atoms with Gasteiger partial charge in [0.1, 0.15) is 6.20 Å². The number of nitrogens with two attached hydrogens (primary N) is 1. The molecule has 0 atom stereocenters. The summed E-state index contributed by atoms with van der Waals surface area (Å²) in [4.78, 5) is 28.6. The smallest absolute Gasteiger partial charge is 0.343 e. The standard InChI is InChI=1S/C7H7N7O3S/c1-13-6(15)11-12-7(13)18-4-3(14(16)17)2-9-5(8)10-4/h2H,1H3,(H,11,15)(H2,8,9,10). The zero-order chi connectivity index (χ0) is 13.3. The first-order valence-corrected chi connectivity index (χ1v) is 5.37. The first kappa shape index (κ1) is 12.0. The SMILES string of the molecule is Cn1c(Sc2nc(N)ncc2[N+](=O)[O-])n[nH]c1=O. The van der Waals surface area contributed by atoms with Crippen LogP contribution >= 0.6 is 11.8 Å². The Bertz CT molecular complexity index is 663. The van der Waals surface area contributed by atoms with Gasteiger partial charge in [-0.05, 0) is 11.8 Å². The molecule has 2 aromatic rings. The van der Waals surface area contributed by atoms with Crippen molar-refractivity contribution < 1.29 is 4.92 Å². The lowest BCUT2D eigenvalue weighted by molar-refractivity contribution is -0.388. The monoisotopic (exact) mass is 269 g/mol. The van der Waals surface area contributed by atoms with Gasteiger partial charge in [-0.2, -0.15) is 4.98 Å². The predicted molar refractivity (Wildman–Crippen MR) is 61.1 cm³/mol. The van der Waals surface area contributed by atoms with Crippen LogP contribution in [0.3, 0.4) is 0 Å². The molecular weight excluding hydrogens is 262 g/mol. The molecule has 0 radical (unpaired) electrons. The fourth-order valence-electron chi connectivity index (χ4n) is 1.08. The molecule has 0 aliphatic rings. The zero-order valence-corrected chi connectivity index (χ0v) is 9.84. The van der Waals surface area contributed by atoms with Gasteiger partial charge in [0, 0.05) is 7.05 Å². The second kappa shape index (κ2) is 4.44. The molecule has 10 nitrogen and oxygen atoms in total. The second-order valence-electron chi connectivity index (χ2n) is 3.15. The van der Waals surface area contributed by atoms with E-state index in [4.69, 9.17) is 5.73 Å². The van der Waals surface area contributed by atoms with Crippen molar-refractivity contribution in [2.24, 2.45) is 7.05 Å². The maximum Gasteiger partial charge on any atom is 0.343 e. The minimum atomic E-state index is -0.632. The van der Waals surface area contributed by atoms with Crippen LogP contribution in [0.1, 0.15) is 0 Å². The Hall–Kier alpha value is -2.43. The molecule has 0 amide bonds. The van der Waals surface area contributed by atoms with Crippen LogP contribution < -0.4 is 11.4 Å². The number of aromatic nitrogens is 5. The van der Waals surface area contributed by atoms with Crippen LogP contribution in [-0.4, -0.2) is 29.7 Å². The van der Waals surface area contributed by atoms with Crippen LogP contribution in [0.25, 0.3) is 0 Å². The number of anilines is 1. The average molecular weight is 269 g/mol. The molecule has 0 saturated heterocycles.